The lowest BCUT2D eigenvalue weighted by molar-refractivity contribution is -0.143. The number of hydrogen-bond acceptors (Lipinski definition) is 2. The minimum Gasteiger partial charge on any atom is -0.345 e. The van der Waals surface area contributed by atoms with Crippen molar-refractivity contribution in [2.75, 3.05) is 26.7 Å². The standard InChI is InChI=1S/C14H24N2O2/c1-4-11(2)12(17)16-9-6-14(7-10-16)5-8-15(3)13(14)18/h11H,4-10H2,1-3H3/t11-/m0/s1. The molecule has 0 saturated carbocycles. The lowest BCUT2D eigenvalue weighted by Gasteiger charge is -2.38. The van der Waals surface area contributed by atoms with Crippen LogP contribution in [-0.2, 0) is 9.59 Å². The van der Waals surface area contributed by atoms with Crippen molar-refractivity contribution < 1.29 is 9.59 Å². The van der Waals surface area contributed by atoms with Crippen LogP contribution in [0.15, 0.2) is 0 Å². The molecule has 0 aromatic heterocycles. The molecule has 1 spiro atoms. The van der Waals surface area contributed by atoms with Crippen molar-refractivity contribution in [3.63, 3.8) is 0 Å². The lowest BCUT2D eigenvalue weighted by atomic mass is 9.77. The first-order chi connectivity index (χ1) is 8.50. The Kier molecular flexibility index (Phi) is 3.64. The highest BCUT2D eigenvalue weighted by molar-refractivity contribution is 5.85. The van der Waals surface area contributed by atoms with Crippen molar-refractivity contribution in [3.05, 3.63) is 0 Å². The van der Waals surface area contributed by atoms with Gasteiger partial charge in [0.05, 0.1) is 5.41 Å². The summed E-state index contributed by atoms with van der Waals surface area (Å²) in [6.45, 7) is 6.41. The highest BCUT2D eigenvalue weighted by Crippen LogP contribution is 2.41. The van der Waals surface area contributed by atoms with Gasteiger partial charge in [-0.2, -0.15) is 0 Å². The molecule has 0 aliphatic carbocycles. The summed E-state index contributed by atoms with van der Waals surface area (Å²) in [6, 6.07) is 0. The molecule has 1 atom stereocenters. The van der Waals surface area contributed by atoms with Crippen molar-refractivity contribution in [2.24, 2.45) is 11.3 Å². The number of likely N-dealkylation sites (tertiary alicyclic amines) is 2. The predicted octanol–water partition coefficient (Wildman–Crippen LogP) is 1.50. The van der Waals surface area contributed by atoms with E-state index in [-0.39, 0.29) is 23.1 Å². The average molecular weight is 252 g/mol. The first-order valence-electron chi connectivity index (χ1n) is 7.04. The summed E-state index contributed by atoms with van der Waals surface area (Å²) in [5.74, 6) is 0.658. The van der Waals surface area contributed by atoms with Crippen LogP contribution in [0.2, 0.25) is 0 Å². The third kappa shape index (κ3) is 2.13. The number of rotatable bonds is 2. The summed E-state index contributed by atoms with van der Waals surface area (Å²) >= 11 is 0. The molecule has 2 saturated heterocycles. The second-order valence-electron chi connectivity index (χ2n) is 5.89. The van der Waals surface area contributed by atoms with Crippen molar-refractivity contribution in [3.8, 4) is 0 Å². The maximum Gasteiger partial charge on any atom is 0.228 e. The van der Waals surface area contributed by atoms with Gasteiger partial charge in [0.25, 0.3) is 0 Å². The molecule has 2 heterocycles. The van der Waals surface area contributed by atoms with Crippen molar-refractivity contribution in [1.82, 2.24) is 9.80 Å². The smallest absolute Gasteiger partial charge is 0.228 e. The Morgan fingerprint density at radius 2 is 1.83 bits per heavy atom. The van der Waals surface area contributed by atoms with Crippen molar-refractivity contribution >= 4 is 11.8 Å². The van der Waals surface area contributed by atoms with E-state index in [0.717, 1.165) is 45.3 Å². The van der Waals surface area contributed by atoms with Crippen LogP contribution in [-0.4, -0.2) is 48.3 Å². The molecule has 0 aromatic carbocycles. The monoisotopic (exact) mass is 252 g/mol. The zero-order valence-electron chi connectivity index (χ0n) is 11.7. The summed E-state index contributed by atoms with van der Waals surface area (Å²) in [4.78, 5) is 28.1. The Morgan fingerprint density at radius 3 is 2.28 bits per heavy atom. The molecule has 2 fully saturated rings. The fraction of sp³-hybridized carbons (Fsp3) is 0.857. The van der Waals surface area contributed by atoms with E-state index in [1.165, 1.54) is 0 Å². The fourth-order valence-corrected chi connectivity index (χ4v) is 3.10. The zero-order chi connectivity index (χ0) is 13.3. The number of carbonyl (C=O) groups is 2. The number of nitrogens with zero attached hydrogens (tertiary/aromatic N) is 2. The minimum absolute atomic E-state index is 0.112. The quantitative estimate of drug-likeness (QED) is 0.747. The fourth-order valence-electron chi connectivity index (χ4n) is 3.10. The maximum atomic E-state index is 12.2. The molecule has 0 N–H and O–H groups in total. The summed E-state index contributed by atoms with van der Waals surface area (Å²) in [6.07, 6.45) is 3.55. The van der Waals surface area contributed by atoms with Gasteiger partial charge in [-0.05, 0) is 25.7 Å². The predicted molar refractivity (Wildman–Crippen MR) is 70.0 cm³/mol. The Balaban J connectivity index is 1.96. The molecule has 2 rings (SSSR count). The van der Waals surface area contributed by atoms with Crippen LogP contribution in [0.4, 0.5) is 0 Å². The van der Waals surface area contributed by atoms with Gasteiger partial charge in [-0.25, -0.2) is 0 Å². The van der Waals surface area contributed by atoms with Crippen LogP contribution in [0, 0.1) is 11.3 Å². The summed E-state index contributed by atoms with van der Waals surface area (Å²) in [7, 11) is 1.88. The first kappa shape index (κ1) is 13.4. The Morgan fingerprint density at radius 1 is 1.28 bits per heavy atom. The highest BCUT2D eigenvalue weighted by Gasteiger charge is 2.47. The average Bonchev–Trinajstić information content (AvgIpc) is 2.67. The molecule has 2 aliphatic heterocycles. The van der Waals surface area contributed by atoms with E-state index in [1.807, 2.05) is 30.7 Å². The van der Waals surface area contributed by atoms with Crippen LogP contribution in [0.25, 0.3) is 0 Å². The second-order valence-corrected chi connectivity index (χ2v) is 5.89. The molecule has 0 unspecified atom stereocenters. The molecule has 4 nitrogen and oxygen atoms in total. The van der Waals surface area contributed by atoms with E-state index in [2.05, 4.69) is 0 Å². The van der Waals surface area contributed by atoms with Crippen molar-refractivity contribution in [1.29, 1.82) is 0 Å². The Bertz CT molecular complexity index is 346. The Labute approximate surface area is 109 Å². The number of carbonyl (C=O) groups excluding carboxylic acids is 2. The number of hydrogen-bond donors (Lipinski definition) is 0. The number of amides is 2. The van der Waals surface area contributed by atoms with Gasteiger partial charge in [0.2, 0.25) is 11.8 Å². The van der Waals surface area contributed by atoms with E-state index in [9.17, 15) is 9.59 Å². The van der Waals surface area contributed by atoms with E-state index >= 15 is 0 Å². The number of piperidine rings is 1. The van der Waals surface area contributed by atoms with Gasteiger partial charge in [-0.3, -0.25) is 9.59 Å². The zero-order valence-corrected chi connectivity index (χ0v) is 11.7. The van der Waals surface area contributed by atoms with Gasteiger partial charge in [0.15, 0.2) is 0 Å². The van der Waals surface area contributed by atoms with Gasteiger partial charge in [-0.15, -0.1) is 0 Å². The van der Waals surface area contributed by atoms with Gasteiger partial charge in [0, 0.05) is 32.6 Å². The van der Waals surface area contributed by atoms with E-state index < -0.39 is 0 Å². The van der Waals surface area contributed by atoms with Crippen molar-refractivity contribution in [2.45, 2.75) is 39.5 Å². The third-order valence-corrected chi connectivity index (χ3v) is 4.79. The van der Waals surface area contributed by atoms with Crippen LogP contribution in [0.1, 0.15) is 39.5 Å². The molecule has 4 heteroatoms. The first-order valence-corrected chi connectivity index (χ1v) is 7.04. The normalized spacial score (nSPS) is 24.7. The summed E-state index contributed by atoms with van der Waals surface area (Å²) in [5.41, 5.74) is -0.152. The summed E-state index contributed by atoms with van der Waals surface area (Å²) in [5, 5.41) is 0. The van der Waals surface area contributed by atoms with Gasteiger partial charge in [0.1, 0.15) is 0 Å². The third-order valence-electron chi connectivity index (χ3n) is 4.79. The van der Waals surface area contributed by atoms with E-state index in [4.69, 9.17) is 0 Å². The molecule has 2 amide bonds. The molecule has 0 bridgehead atoms. The molecule has 18 heavy (non-hydrogen) atoms. The molecule has 0 radical (unpaired) electrons. The minimum atomic E-state index is -0.152. The van der Waals surface area contributed by atoms with Gasteiger partial charge >= 0.3 is 0 Å². The molecule has 102 valence electrons. The Hall–Kier alpha value is -1.06. The van der Waals surface area contributed by atoms with Crippen LogP contribution < -0.4 is 0 Å². The van der Waals surface area contributed by atoms with E-state index in [0.29, 0.717) is 0 Å². The van der Waals surface area contributed by atoms with E-state index in [1.54, 1.807) is 0 Å². The molecule has 2 aliphatic rings. The maximum absolute atomic E-state index is 12.2. The van der Waals surface area contributed by atoms with Gasteiger partial charge in [-0.1, -0.05) is 13.8 Å². The highest BCUT2D eigenvalue weighted by atomic mass is 16.2. The second kappa shape index (κ2) is 4.90. The van der Waals surface area contributed by atoms with Gasteiger partial charge < -0.3 is 9.80 Å². The molecular weight excluding hydrogens is 228 g/mol. The SMILES string of the molecule is CC[C@H](C)C(=O)N1CCC2(CCN(C)C2=O)CC1. The summed E-state index contributed by atoms with van der Waals surface area (Å²) < 4.78 is 0. The lowest BCUT2D eigenvalue weighted by Crippen LogP contribution is -2.47. The molecular formula is C14H24N2O2. The topological polar surface area (TPSA) is 40.6 Å². The van der Waals surface area contributed by atoms with Crippen LogP contribution >= 0.6 is 0 Å². The largest absolute Gasteiger partial charge is 0.345 e. The molecule has 0 aromatic rings. The van der Waals surface area contributed by atoms with Crippen LogP contribution in [0.3, 0.4) is 0 Å². The van der Waals surface area contributed by atoms with Crippen LogP contribution in [0.5, 0.6) is 0 Å².